The Kier molecular flexibility index (Phi) is 6.46. The van der Waals surface area contributed by atoms with Crippen molar-refractivity contribution in [1.82, 2.24) is 0 Å². The van der Waals surface area contributed by atoms with Gasteiger partial charge in [-0.05, 0) is 103 Å². The first kappa shape index (κ1) is 28.7. The second-order valence-corrected chi connectivity index (χ2v) is 14.1. The van der Waals surface area contributed by atoms with Crippen LogP contribution in [-0.2, 0) is 17.3 Å². The third-order valence-corrected chi connectivity index (χ3v) is 11.1. The average molecular weight is 615 g/mol. The summed E-state index contributed by atoms with van der Waals surface area (Å²) < 4.78 is 0. The molecule has 1 unspecified atom stereocenters. The van der Waals surface area contributed by atoms with Crippen LogP contribution in [0.1, 0.15) is 63.9 Å². The highest BCUT2D eigenvalue weighted by Gasteiger charge is 2.47. The minimum Gasteiger partial charge on any atom is -0.0622 e. The van der Waals surface area contributed by atoms with Crippen LogP contribution in [0.4, 0.5) is 0 Å². The molecular weight excluding hydrogens is 577 g/mol. The van der Waals surface area contributed by atoms with E-state index in [0.29, 0.717) is 0 Å². The Labute approximate surface area is 284 Å². The highest BCUT2D eigenvalue weighted by atomic mass is 14.5. The molecule has 7 aromatic carbocycles. The van der Waals surface area contributed by atoms with Gasteiger partial charge < -0.3 is 0 Å². The first-order valence-electron chi connectivity index (χ1n) is 17.2. The molecule has 0 bridgehead atoms. The average Bonchev–Trinajstić information content (AvgIpc) is 3.57. The maximum atomic E-state index is 2.49. The normalized spacial score (nSPS) is 16.6. The third kappa shape index (κ3) is 4.09. The fourth-order valence-corrected chi connectivity index (χ4v) is 8.98. The molecule has 0 aliphatic heterocycles. The molecule has 0 nitrogen and oxygen atoms in total. The van der Waals surface area contributed by atoms with Crippen molar-refractivity contribution in [1.29, 1.82) is 0 Å². The van der Waals surface area contributed by atoms with Crippen molar-refractivity contribution in [3.8, 4) is 33.4 Å². The topological polar surface area (TPSA) is 0 Å². The molecule has 48 heavy (non-hydrogen) atoms. The van der Waals surface area contributed by atoms with Gasteiger partial charge >= 0.3 is 0 Å². The molecule has 230 valence electrons. The van der Waals surface area contributed by atoms with Crippen LogP contribution >= 0.6 is 0 Å². The van der Waals surface area contributed by atoms with Gasteiger partial charge in [0.05, 0.1) is 5.41 Å². The van der Waals surface area contributed by atoms with E-state index in [1.165, 1.54) is 83.5 Å². The van der Waals surface area contributed by atoms with Gasteiger partial charge in [-0.15, -0.1) is 0 Å². The Balaban J connectivity index is 1.20. The number of benzene rings is 7. The molecule has 0 heterocycles. The van der Waals surface area contributed by atoms with Gasteiger partial charge in [0.1, 0.15) is 0 Å². The first-order valence-corrected chi connectivity index (χ1v) is 17.2. The molecule has 1 atom stereocenters. The van der Waals surface area contributed by atoms with Crippen LogP contribution in [-0.4, -0.2) is 0 Å². The minimum absolute atomic E-state index is 0.0700. The lowest BCUT2D eigenvalue weighted by Crippen LogP contribution is -2.29. The maximum absolute atomic E-state index is 2.49. The quantitative estimate of drug-likeness (QED) is 0.181. The SMILES string of the molecule is Cc1cccc2c1C(c1ccccc1)(c1cccc(Cc3cccc4c3-c3ccc(-c5ccccc5)cc3C4(C)C)c1)c1ccccc1-2. The van der Waals surface area contributed by atoms with Gasteiger partial charge in [0.25, 0.3) is 0 Å². The second-order valence-electron chi connectivity index (χ2n) is 14.1. The molecule has 0 fully saturated rings. The highest BCUT2D eigenvalue weighted by Crippen LogP contribution is 2.57. The molecule has 9 rings (SSSR count). The van der Waals surface area contributed by atoms with Gasteiger partial charge in [-0.2, -0.15) is 0 Å². The van der Waals surface area contributed by atoms with Crippen molar-refractivity contribution >= 4 is 0 Å². The fraction of sp³-hybridized carbons (Fsp3) is 0.125. The standard InChI is InChI=1S/C48H38/c1-32-15-12-24-40-39-23-10-11-25-42(39)48(46(32)40,37-20-8-5-9-21-37)38-22-13-16-33(30-38)29-36-19-14-26-43-45(36)41-28-27-35(31-44(41)47(43,2)3)34-17-6-4-7-18-34/h4-28,30-31H,29H2,1-3H3. The Hall–Kier alpha value is -5.46. The van der Waals surface area contributed by atoms with Gasteiger partial charge in [-0.3, -0.25) is 0 Å². The van der Waals surface area contributed by atoms with E-state index in [1.54, 1.807) is 0 Å². The van der Waals surface area contributed by atoms with Crippen LogP contribution in [0.25, 0.3) is 33.4 Å². The Bertz CT molecular complexity index is 2340. The zero-order chi connectivity index (χ0) is 32.5. The maximum Gasteiger partial charge on any atom is 0.0716 e. The summed E-state index contributed by atoms with van der Waals surface area (Å²) in [5.74, 6) is 0. The number of aryl methyl sites for hydroxylation is 1. The summed E-state index contributed by atoms with van der Waals surface area (Å²) in [7, 11) is 0. The molecule has 0 radical (unpaired) electrons. The smallest absolute Gasteiger partial charge is 0.0622 e. The largest absolute Gasteiger partial charge is 0.0716 e. The molecule has 0 saturated carbocycles. The predicted molar refractivity (Wildman–Crippen MR) is 201 cm³/mol. The predicted octanol–water partition coefficient (Wildman–Crippen LogP) is 11.9. The molecule has 0 aromatic heterocycles. The summed E-state index contributed by atoms with van der Waals surface area (Å²) in [6.45, 7) is 7.05. The van der Waals surface area contributed by atoms with Crippen molar-refractivity contribution in [2.24, 2.45) is 0 Å². The van der Waals surface area contributed by atoms with E-state index in [1.807, 2.05) is 0 Å². The molecule has 0 heteroatoms. The van der Waals surface area contributed by atoms with Gasteiger partial charge in [0, 0.05) is 5.41 Å². The first-order chi connectivity index (χ1) is 23.5. The van der Waals surface area contributed by atoms with Crippen LogP contribution < -0.4 is 0 Å². The summed E-state index contributed by atoms with van der Waals surface area (Å²) in [6.07, 6.45) is 0.875. The van der Waals surface area contributed by atoms with Crippen LogP contribution in [0.2, 0.25) is 0 Å². The van der Waals surface area contributed by atoms with Crippen LogP contribution in [0, 0.1) is 6.92 Å². The summed E-state index contributed by atoms with van der Waals surface area (Å²) in [5, 5.41) is 0. The number of fused-ring (bicyclic) bond motifs is 6. The Morgan fingerprint density at radius 3 is 1.96 bits per heavy atom. The van der Waals surface area contributed by atoms with E-state index in [4.69, 9.17) is 0 Å². The van der Waals surface area contributed by atoms with Gasteiger partial charge in [0.2, 0.25) is 0 Å². The lowest BCUT2D eigenvalue weighted by Gasteiger charge is -2.35. The summed E-state index contributed by atoms with van der Waals surface area (Å²) >= 11 is 0. The monoisotopic (exact) mass is 614 g/mol. The van der Waals surface area contributed by atoms with Crippen LogP contribution in [0.5, 0.6) is 0 Å². The van der Waals surface area contributed by atoms with E-state index in [-0.39, 0.29) is 5.41 Å². The molecule has 0 saturated heterocycles. The van der Waals surface area contributed by atoms with Crippen molar-refractivity contribution in [2.75, 3.05) is 0 Å². The summed E-state index contributed by atoms with van der Waals surface area (Å²) in [4.78, 5) is 0. The Morgan fingerprint density at radius 1 is 0.458 bits per heavy atom. The molecule has 7 aromatic rings. The summed E-state index contributed by atoms with van der Waals surface area (Å²) in [5.41, 5.74) is 19.8. The molecule has 0 N–H and O–H groups in total. The molecule has 0 spiro atoms. The minimum atomic E-state index is -0.393. The lowest BCUT2D eigenvalue weighted by atomic mass is 9.66. The van der Waals surface area contributed by atoms with E-state index < -0.39 is 5.41 Å². The third-order valence-electron chi connectivity index (χ3n) is 11.1. The van der Waals surface area contributed by atoms with Crippen molar-refractivity contribution in [2.45, 2.75) is 38.0 Å². The summed E-state index contributed by atoms with van der Waals surface area (Å²) in [6, 6.07) is 61.2. The molecule has 2 aliphatic rings. The van der Waals surface area contributed by atoms with Gasteiger partial charge in [-0.25, -0.2) is 0 Å². The van der Waals surface area contributed by atoms with Crippen molar-refractivity contribution in [3.63, 3.8) is 0 Å². The fourth-order valence-electron chi connectivity index (χ4n) is 8.98. The van der Waals surface area contributed by atoms with Crippen molar-refractivity contribution in [3.05, 3.63) is 214 Å². The van der Waals surface area contributed by atoms with E-state index in [2.05, 4.69) is 185 Å². The molecular formula is C48H38. The zero-order valence-corrected chi connectivity index (χ0v) is 27.8. The number of hydrogen-bond donors (Lipinski definition) is 0. The lowest BCUT2D eigenvalue weighted by molar-refractivity contribution is 0.660. The highest BCUT2D eigenvalue weighted by molar-refractivity contribution is 5.88. The van der Waals surface area contributed by atoms with E-state index >= 15 is 0 Å². The zero-order valence-electron chi connectivity index (χ0n) is 27.8. The molecule has 2 aliphatic carbocycles. The van der Waals surface area contributed by atoms with Crippen LogP contribution in [0.3, 0.4) is 0 Å². The van der Waals surface area contributed by atoms with Crippen molar-refractivity contribution < 1.29 is 0 Å². The van der Waals surface area contributed by atoms with E-state index in [0.717, 1.165) is 6.42 Å². The van der Waals surface area contributed by atoms with E-state index in [9.17, 15) is 0 Å². The van der Waals surface area contributed by atoms with Gasteiger partial charge in [0.15, 0.2) is 0 Å². The number of rotatable bonds is 5. The van der Waals surface area contributed by atoms with Crippen LogP contribution in [0.15, 0.2) is 164 Å². The number of hydrogen-bond acceptors (Lipinski definition) is 0. The molecule has 0 amide bonds. The Morgan fingerprint density at radius 2 is 1.12 bits per heavy atom. The van der Waals surface area contributed by atoms with Gasteiger partial charge in [-0.1, -0.05) is 172 Å². The second kappa shape index (κ2) is 10.8.